The molecule has 2 aliphatic rings. The minimum atomic E-state index is 0.254. The number of aromatic nitrogens is 2. The molecule has 1 aliphatic carbocycles. The molecule has 168 valence electrons. The van der Waals surface area contributed by atoms with Crippen LogP contribution in [0.2, 0.25) is 0 Å². The van der Waals surface area contributed by atoms with Crippen molar-refractivity contribution in [2.75, 3.05) is 12.3 Å². The summed E-state index contributed by atoms with van der Waals surface area (Å²) in [7, 11) is 0. The number of thioether (sulfide) groups is 1. The fraction of sp³-hybridized carbons (Fsp3) is 0.500. The summed E-state index contributed by atoms with van der Waals surface area (Å²) in [5.74, 6) is 1.63. The molecule has 0 unspecified atom stereocenters. The van der Waals surface area contributed by atoms with E-state index in [1.165, 1.54) is 40.7 Å². The summed E-state index contributed by atoms with van der Waals surface area (Å²) in [6.07, 6.45) is 10.0. The quantitative estimate of drug-likeness (QED) is 0.338. The van der Waals surface area contributed by atoms with Crippen LogP contribution in [0, 0.1) is 0 Å². The first-order valence-electron chi connectivity index (χ1n) is 12.0. The van der Waals surface area contributed by atoms with Gasteiger partial charge >= 0.3 is 0 Å². The van der Waals surface area contributed by atoms with Crippen molar-refractivity contribution in [3.63, 3.8) is 0 Å². The fourth-order valence-corrected chi connectivity index (χ4v) is 7.27. The number of aryl methyl sites for hydroxylation is 4. The normalized spacial score (nSPS) is 18.7. The zero-order valence-corrected chi connectivity index (χ0v) is 20.4. The number of thiophene rings is 1. The molecule has 3 aromatic rings. The Hall–Kier alpha value is -1.92. The smallest absolute Gasteiger partial charge is 0.233 e. The lowest BCUT2D eigenvalue weighted by Gasteiger charge is -2.33. The standard InChI is InChI=1S/C26H31N3OS2/c1-18-9-7-8-16-29(18)23(30)17-31-25-24-20-12-5-6-13-21(20)32-26(24)28-22(27-25)15-14-19-10-3-2-4-11-19/h2-4,10-11,18H,5-9,12-17H2,1H3/t18-/m1/s1. The number of carbonyl (C=O) groups is 1. The monoisotopic (exact) mass is 465 g/mol. The highest BCUT2D eigenvalue weighted by atomic mass is 32.2. The van der Waals surface area contributed by atoms with Crippen molar-refractivity contribution in [1.29, 1.82) is 0 Å². The van der Waals surface area contributed by atoms with E-state index in [-0.39, 0.29) is 5.91 Å². The van der Waals surface area contributed by atoms with E-state index in [1.807, 2.05) is 11.3 Å². The molecule has 1 aliphatic heterocycles. The molecule has 3 heterocycles. The lowest BCUT2D eigenvalue weighted by atomic mass is 9.97. The average Bonchev–Trinajstić information content (AvgIpc) is 3.20. The maximum Gasteiger partial charge on any atom is 0.233 e. The first-order chi connectivity index (χ1) is 15.7. The SMILES string of the molecule is C[C@@H]1CCCCN1C(=O)CSc1nc(CCc2ccccc2)nc2sc3c(c12)CCCC3. The molecular formula is C26H31N3OS2. The van der Waals surface area contributed by atoms with Gasteiger partial charge in [0.1, 0.15) is 15.7 Å². The zero-order valence-electron chi connectivity index (χ0n) is 18.8. The molecule has 32 heavy (non-hydrogen) atoms. The molecule has 1 amide bonds. The lowest BCUT2D eigenvalue weighted by Crippen LogP contribution is -2.42. The molecule has 0 spiro atoms. The number of hydrogen-bond donors (Lipinski definition) is 0. The van der Waals surface area contributed by atoms with Crippen molar-refractivity contribution in [1.82, 2.24) is 14.9 Å². The molecule has 1 aromatic carbocycles. The Balaban J connectivity index is 1.40. The molecule has 1 atom stereocenters. The van der Waals surface area contributed by atoms with Gasteiger partial charge in [0.05, 0.1) is 5.75 Å². The second-order valence-electron chi connectivity index (χ2n) is 9.04. The van der Waals surface area contributed by atoms with E-state index in [9.17, 15) is 4.79 Å². The van der Waals surface area contributed by atoms with E-state index in [1.54, 1.807) is 11.8 Å². The Bertz CT molecular complexity index is 1100. The van der Waals surface area contributed by atoms with Crippen LogP contribution in [0.25, 0.3) is 10.2 Å². The molecule has 0 saturated carbocycles. The summed E-state index contributed by atoms with van der Waals surface area (Å²) in [5, 5.41) is 2.26. The van der Waals surface area contributed by atoms with Gasteiger partial charge < -0.3 is 4.90 Å². The lowest BCUT2D eigenvalue weighted by molar-refractivity contribution is -0.131. The highest BCUT2D eigenvalue weighted by Gasteiger charge is 2.25. The van der Waals surface area contributed by atoms with Gasteiger partial charge in [-0.1, -0.05) is 42.1 Å². The van der Waals surface area contributed by atoms with Crippen molar-refractivity contribution in [3.8, 4) is 0 Å². The first-order valence-corrected chi connectivity index (χ1v) is 13.8. The van der Waals surface area contributed by atoms with Crippen LogP contribution in [0.4, 0.5) is 0 Å². The third kappa shape index (κ3) is 4.72. The van der Waals surface area contributed by atoms with Crippen molar-refractivity contribution in [2.45, 2.75) is 75.8 Å². The Labute approximate surface area is 198 Å². The molecule has 0 N–H and O–H groups in total. The fourth-order valence-electron chi connectivity index (χ4n) is 4.96. The highest BCUT2D eigenvalue weighted by molar-refractivity contribution is 8.00. The van der Waals surface area contributed by atoms with Gasteiger partial charge in [0.2, 0.25) is 5.91 Å². The summed E-state index contributed by atoms with van der Waals surface area (Å²) in [6.45, 7) is 3.08. The number of nitrogens with zero attached hydrogens (tertiary/aromatic N) is 3. The molecule has 1 fully saturated rings. The van der Waals surface area contributed by atoms with Crippen molar-refractivity contribution in [2.24, 2.45) is 0 Å². The van der Waals surface area contributed by atoms with E-state index < -0.39 is 0 Å². The molecule has 2 aromatic heterocycles. The topological polar surface area (TPSA) is 46.1 Å². The predicted octanol–water partition coefficient (Wildman–Crippen LogP) is 5.85. The maximum absolute atomic E-state index is 13.0. The second-order valence-corrected chi connectivity index (χ2v) is 11.1. The Morgan fingerprint density at radius 2 is 1.94 bits per heavy atom. The van der Waals surface area contributed by atoms with Crippen LogP contribution in [-0.2, 0) is 30.5 Å². The minimum absolute atomic E-state index is 0.254. The third-order valence-electron chi connectivity index (χ3n) is 6.76. The molecule has 0 radical (unpaired) electrons. The number of carbonyl (C=O) groups excluding carboxylic acids is 1. The molecule has 1 saturated heterocycles. The van der Waals surface area contributed by atoms with Crippen LogP contribution in [0.3, 0.4) is 0 Å². The summed E-state index contributed by atoms with van der Waals surface area (Å²) in [4.78, 5) is 27.7. The molecular weight excluding hydrogens is 434 g/mol. The van der Waals surface area contributed by atoms with Crippen molar-refractivity contribution < 1.29 is 4.79 Å². The third-order valence-corrected chi connectivity index (χ3v) is 8.91. The number of piperidine rings is 1. The Kier molecular flexibility index (Phi) is 6.79. The van der Waals surface area contributed by atoms with Gasteiger partial charge in [-0.05, 0) is 69.4 Å². The average molecular weight is 466 g/mol. The number of rotatable bonds is 6. The molecule has 0 bridgehead atoms. The first kappa shape index (κ1) is 21.9. The van der Waals surface area contributed by atoms with Gasteiger partial charge in [-0.25, -0.2) is 9.97 Å². The van der Waals surface area contributed by atoms with Crippen molar-refractivity contribution in [3.05, 3.63) is 52.2 Å². The van der Waals surface area contributed by atoms with Gasteiger partial charge in [-0.3, -0.25) is 4.79 Å². The summed E-state index contributed by atoms with van der Waals surface area (Å²) < 4.78 is 0. The molecule has 4 nitrogen and oxygen atoms in total. The van der Waals surface area contributed by atoms with Crippen molar-refractivity contribution >= 4 is 39.2 Å². The summed E-state index contributed by atoms with van der Waals surface area (Å²) in [6, 6.07) is 10.9. The molecule has 5 rings (SSSR count). The van der Waals surface area contributed by atoms with Crippen LogP contribution >= 0.6 is 23.1 Å². The van der Waals surface area contributed by atoms with Gasteiger partial charge in [0.15, 0.2) is 0 Å². The van der Waals surface area contributed by atoms with Gasteiger partial charge in [0, 0.05) is 29.3 Å². The van der Waals surface area contributed by atoms with Crippen LogP contribution in [-0.4, -0.2) is 39.1 Å². The minimum Gasteiger partial charge on any atom is -0.339 e. The Morgan fingerprint density at radius 3 is 2.78 bits per heavy atom. The van der Waals surface area contributed by atoms with E-state index >= 15 is 0 Å². The largest absolute Gasteiger partial charge is 0.339 e. The number of likely N-dealkylation sites (tertiary alicyclic amines) is 1. The van der Waals surface area contributed by atoms with Crippen LogP contribution in [0.1, 0.15) is 60.9 Å². The van der Waals surface area contributed by atoms with E-state index in [0.29, 0.717) is 11.8 Å². The number of benzene rings is 1. The molecule has 6 heteroatoms. The number of amides is 1. The Morgan fingerprint density at radius 1 is 1.09 bits per heavy atom. The van der Waals surface area contributed by atoms with E-state index in [4.69, 9.17) is 9.97 Å². The number of fused-ring (bicyclic) bond motifs is 3. The van der Waals surface area contributed by atoms with Crippen LogP contribution in [0.5, 0.6) is 0 Å². The predicted molar refractivity (Wildman–Crippen MR) is 134 cm³/mol. The second kappa shape index (κ2) is 9.92. The van der Waals surface area contributed by atoms with Gasteiger partial charge in [-0.15, -0.1) is 11.3 Å². The maximum atomic E-state index is 13.0. The van der Waals surface area contributed by atoms with Crippen LogP contribution < -0.4 is 0 Å². The van der Waals surface area contributed by atoms with E-state index in [0.717, 1.165) is 60.8 Å². The zero-order chi connectivity index (χ0) is 21.9. The van der Waals surface area contributed by atoms with E-state index in [2.05, 4.69) is 42.2 Å². The summed E-state index contributed by atoms with van der Waals surface area (Å²) in [5.41, 5.74) is 2.76. The highest BCUT2D eigenvalue weighted by Crippen LogP contribution is 2.40. The van der Waals surface area contributed by atoms with Gasteiger partial charge in [-0.2, -0.15) is 0 Å². The van der Waals surface area contributed by atoms with Gasteiger partial charge in [0.25, 0.3) is 0 Å². The number of hydrogen-bond acceptors (Lipinski definition) is 5. The summed E-state index contributed by atoms with van der Waals surface area (Å²) >= 11 is 3.48. The van der Waals surface area contributed by atoms with Crippen LogP contribution in [0.15, 0.2) is 35.4 Å².